The van der Waals surface area contributed by atoms with Crippen molar-refractivity contribution in [2.75, 3.05) is 11.9 Å². The van der Waals surface area contributed by atoms with Crippen molar-refractivity contribution in [2.45, 2.75) is 26.8 Å². The minimum Gasteiger partial charge on any atom is -0.461 e. The van der Waals surface area contributed by atoms with Crippen LogP contribution in [0.25, 0.3) is 11.0 Å². The number of esters is 1. The highest BCUT2D eigenvalue weighted by atomic mass is 16.5. The van der Waals surface area contributed by atoms with E-state index in [1.54, 1.807) is 29.9 Å². The zero-order valence-electron chi connectivity index (χ0n) is 17.9. The van der Waals surface area contributed by atoms with Crippen molar-refractivity contribution in [3.63, 3.8) is 0 Å². The lowest BCUT2D eigenvalue weighted by atomic mass is 10.1. The summed E-state index contributed by atoms with van der Waals surface area (Å²) in [5.41, 5.74) is 3.07. The average molecular weight is 429 g/mol. The maximum absolute atomic E-state index is 12.6. The van der Waals surface area contributed by atoms with Crippen LogP contribution in [0.15, 0.2) is 60.8 Å². The van der Waals surface area contributed by atoms with Crippen LogP contribution in [0.5, 0.6) is 0 Å². The molecule has 2 aromatic heterocycles. The van der Waals surface area contributed by atoms with Crippen molar-refractivity contribution in [1.29, 1.82) is 0 Å². The van der Waals surface area contributed by atoms with E-state index < -0.39 is 5.97 Å². The minimum atomic E-state index is -0.589. The predicted molar refractivity (Wildman–Crippen MR) is 121 cm³/mol. The number of anilines is 1. The van der Waals surface area contributed by atoms with Crippen LogP contribution in [0.3, 0.4) is 0 Å². The third-order valence-corrected chi connectivity index (χ3v) is 4.91. The Kier molecular flexibility index (Phi) is 6.21. The number of benzene rings is 2. The van der Waals surface area contributed by atoms with Crippen LogP contribution in [0.4, 0.5) is 5.95 Å². The van der Waals surface area contributed by atoms with Crippen LogP contribution in [0, 0.1) is 6.92 Å². The Balaban J connectivity index is 1.63. The second-order valence-electron chi connectivity index (χ2n) is 7.30. The SMILES string of the molecule is CCOC(=O)c1nc(NC(=O)c2ccc(C)cc2)nc2nn(CCc3ccccc3)cc12. The number of fused-ring (bicyclic) bond motifs is 1. The summed E-state index contributed by atoms with van der Waals surface area (Å²) in [6.45, 7) is 4.48. The summed E-state index contributed by atoms with van der Waals surface area (Å²) in [4.78, 5) is 33.7. The molecule has 0 aliphatic heterocycles. The third kappa shape index (κ3) is 4.80. The molecule has 0 atom stereocenters. The number of rotatable bonds is 7. The predicted octanol–water partition coefficient (Wildman–Crippen LogP) is 3.81. The van der Waals surface area contributed by atoms with Crippen molar-refractivity contribution >= 4 is 28.9 Å². The topological polar surface area (TPSA) is 99.0 Å². The second-order valence-corrected chi connectivity index (χ2v) is 7.30. The van der Waals surface area contributed by atoms with Crippen LogP contribution < -0.4 is 5.32 Å². The molecule has 2 aromatic carbocycles. The van der Waals surface area contributed by atoms with Gasteiger partial charge in [-0.3, -0.25) is 14.8 Å². The van der Waals surface area contributed by atoms with E-state index in [9.17, 15) is 9.59 Å². The molecule has 1 amide bonds. The van der Waals surface area contributed by atoms with Crippen molar-refractivity contribution < 1.29 is 14.3 Å². The highest BCUT2D eigenvalue weighted by molar-refractivity contribution is 6.05. The standard InChI is InChI=1S/C24H23N5O3/c1-3-32-23(31)20-19-15-29(14-13-17-7-5-4-6-8-17)28-21(19)26-24(25-20)27-22(30)18-11-9-16(2)10-12-18/h4-12,15H,3,13-14H2,1-2H3,(H,26,27,28,30). The van der Waals surface area contributed by atoms with E-state index >= 15 is 0 Å². The average Bonchev–Trinajstić information content (AvgIpc) is 3.21. The van der Waals surface area contributed by atoms with Gasteiger partial charge in [0.05, 0.1) is 12.0 Å². The quantitative estimate of drug-likeness (QED) is 0.449. The molecule has 1 N–H and O–H groups in total. The molecule has 4 rings (SSSR count). The Morgan fingerprint density at radius 2 is 1.78 bits per heavy atom. The molecular weight excluding hydrogens is 406 g/mol. The lowest BCUT2D eigenvalue weighted by molar-refractivity contribution is 0.0521. The Morgan fingerprint density at radius 1 is 1.03 bits per heavy atom. The van der Waals surface area contributed by atoms with Gasteiger partial charge in [0.25, 0.3) is 5.91 Å². The van der Waals surface area contributed by atoms with Crippen LogP contribution in [-0.2, 0) is 17.7 Å². The first-order valence-corrected chi connectivity index (χ1v) is 10.4. The number of hydrogen-bond acceptors (Lipinski definition) is 6. The van der Waals surface area contributed by atoms with Crippen LogP contribution in [0.1, 0.15) is 38.9 Å². The molecule has 0 spiro atoms. The van der Waals surface area contributed by atoms with E-state index in [4.69, 9.17) is 4.74 Å². The second kappa shape index (κ2) is 9.38. The molecule has 2 heterocycles. The van der Waals surface area contributed by atoms with Gasteiger partial charge in [-0.1, -0.05) is 48.0 Å². The fraction of sp³-hybridized carbons (Fsp3) is 0.208. The number of aromatic nitrogens is 4. The molecule has 0 radical (unpaired) electrons. The van der Waals surface area contributed by atoms with Gasteiger partial charge in [-0.05, 0) is 38.0 Å². The van der Waals surface area contributed by atoms with Gasteiger partial charge in [-0.25, -0.2) is 9.78 Å². The number of nitrogens with zero attached hydrogens (tertiary/aromatic N) is 4. The van der Waals surface area contributed by atoms with Crippen LogP contribution in [0.2, 0.25) is 0 Å². The van der Waals surface area contributed by atoms with E-state index in [0.29, 0.717) is 23.1 Å². The third-order valence-electron chi connectivity index (χ3n) is 4.91. The molecule has 162 valence electrons. The van der Waals surface area contributed by atoms with Crippen molar-refractivity contribution in [2.24, 2.45) is 0 Å². The van der Waals surface area contributed by atoms with Gasteiger partial charge in [-0.15, -0.1) is 0 Å². The van der Waals surface area contributed by atoms with Crippen LogP contribution in [-0.4, -0.2) is 38.2 Å². The number of nitrogens with one attached hydrogen (secondary N) is 1. The largest absolute Gasteiger partial charge is 0.461 e. The van der Waals surface area contributed by atoms with Gasteiger partial charge in [0.15, 0.2) is 11.3 Å². The fourth-order valence-corrected chi connectivity index (χ4v) is 3.24. The highest BCUT2D eigenvalue weighted by Gasteiger charge is 2.20. The van der Waals surface area contributed by atoms with E-state index in [2.05, 4.69) is 20.4 Å². The molecule has 0 bridgehead atoms. The summed E-state index contributed by atoms with van der Waals surface area (Å²) < 4.78 is 6.88. The molecule has 8 heteroatoms. The number of aryl methyl sites for hydroxylation is 3. The maximum Gasteiger partial charge on any atom is 0.357 e. The van der Waals surface area contributed by atoms with Crippen LogP contribution >= 0.6 is 0 Å². The Hall–Kier alpha value is -4.07. The molecule has 0 saturated heterocycles. The van der Waals surface area contributed by atoms with E-state index in [-0.39, 0.29) is 24.2 Å². The number of ether oxygens (including phenoxy) is 1. The van der Waals surface area contributed by atoms with Crippen molar-refractivity contribution in [1.82, 2.24) is 19.7 Å². The molecule has 0 unspecified atom stereocenters. The Morgan fingerprint density at radius 3 is 2.50 bits per heavy atom. The minimum absolute atomic E-state index is 0.000521. The molecule has 8 nitrogen and oxygen atoms in total. The molecule has 32 heavy (non-hydrogen) atoms. The van der Waals surface area contributed by atoms with Crippen molar-refractivity contribution in [3.05, 3.63) is 83.2 Å². The molecule has 0 aliphatic carbocycles. The van der Waals surface area contributed by atoms with Gasteiger partial charge in [0.1, 0.15) is 0 Å². The number of amides is 1. The van der Waals surface area contributed by atoms with Gasteiger partial charge >= 0.3 is 5.97 Å². The van der Waals surface area contributed by atoms with E-state index in [1.165, 1.54) is 5.56 Å². The van der Waals surface area contributed by atoms with E-state index in [0.717, 1.165) is 12.0 Å². The normalized spacial score (nSPS) is 10.8. The van der Waals surface area contributed by atoms with Gasteiger partial charge in [0, 0.05) is 18.3 Å². The first kappa shape index (κ1) is 21.2. The number of hydrogen-bond donors (Lipinski definition) is 1. The lowest BCUT2D eigenvalue weighted by Gasteiger charge is -2.07. The smallest absolute Gasteiger partial charge is 0.357 e. The molecule has 0 fully saturated rings. The molecular formula is C24H23N5O3. The summed E-state index contributed by atoms with van der Waals surface area (Å²) in [5.74, 6) is -0.963. The highest BCUT2D eigenvalue weighted by Crippen LogP contribution is 2.19. The number of carbonyl (C=O) groups is 2. The lowest BCUT2D eigenvalue weighted by Crippen LogP contribution is -2.16. The zero-order valence-corrected chi connectivity index (χ0v) is 17.9. The zero-order chi connectivity index (χ0) is 22.5. The summed E-state index contributed by atoms with van der Waals surface area (Å²) in [6.07, 6.45) is 2.50. The summed E-state index contributed by atoms with van der Waals surface area (Å²) in [7, 11) is 0. The Labute approximate surface area is 185 Å². The molecule has 0 aliphatic rings. The maximum atomic E-state index is 12.6. The first-order valence-electron chi connectivity index (χ1n) is 10.4. The summed E-state index contributed by atoms with van der Waals surface area (Å²) >= 11 is 0. The van der Waals surface area contributed by atoms with Crippen molar-refractivity contribution in [3.8, 4) is 0 Å². The summed E-state index contributed by atoms with van der Waals surface area (Å²) in [5, 5.41) is 7.62. The summed E-state index contributed by atoms with van der Waals surface area (Å²) in [6, 6.07) is 17.2. The monoisotopic (exact) mass is 429 g/mol. The number of carbonyl (C=O) groups excluding carboxylic acids is 2. The molecule has 4 aromatic rings. The van der Waals surface area contributed by atoms with Gasteiger partial charge < -0.3 is 4.74 Å². The van der Waals surface area contributed by atoms with Gasteiger partial charge in [0.2, 0.25) is 5.95 Å². The van der Waals surface area contributed by atoms with Gasteiger partial charge in [-0.2, -0.15) is 10.1 Å². The fourth-order valence-electron chi connectivity index (χ4n) is 3.24. The Bertz CT molecular complexity index is 1250. The van der Waals surface area contributed by atoms with E-state index in [1.807, 2.05) is 49.4 Å². The first-order chi connectivity index (χ1) is 15.5. The molecule has 0 saturated carbocycles.